The van der Waals surface area contributed by atoms with Gasteiger partial charge in [0.2, 0.25) is 0 Å². The third-order valence-corrected chi connectivity index (χ3v) is 5.09. The first-order valence-electron chi connectivity index (χ1n) is 7.50. The largest absolute Gasteiger partial charge is 0.484 e. The van der Waals surface area contributed by atoms with E-state index in [0.717, 1.165) is 12.1 Å². The molecule has 2 aromatic rings. The van der Waals surface area contributed by atoms with E-state index < -0.39 is 20.6 Å². The molecule has 1 amide bonds. The van der Waals surface area contributed by atoms with Gasteiger partial charge in [0.1, 0.15) is 10.8 Å². The molecule has 0 radical (unpaired) electrons. The molecule has 0 fully saturated rings. The van der Waals surface area contributed by atoms with Gasteiger partial charge in [0.25, 0.3) is 21.6 Å². The third-order valence-electron chi connectivity index (χ3n) is 3.39. The molecule has 0 saturated heterocycles. The van der Waals surface area contributed by atoms with Crippen LogP contribution >= 0.6 is 11.6 Å². The van der Waals surface area contributed by atoms with Crippen LogP contribution in [0.25, 0.3) is 0 Å². The number of nitro benzene ring substituents is 1. The summed E-state index contributed by atoms with van der Waals surface area (Å²) in [6.07, 6.45) is 0. The number of anilines is 1. The highest BCUT2D eigenvalue weighted by atomic mass is 35.5. The molecule has 9 nitrogen and oxygen atoms in total. The number of nitrogens with one attached hydrogen (secondary N) is 1. The summed E-state index contributed by atoms with van der Waals surface area (Å²) in [5.41, 5.74) is -0.285. The first kappa shape index (κ1) is 20.5. The minimum atomic E-state index is -4.05. The second-order valence-corrected chi connectivity index (χ2v) is 7.67. The lowest BCUT2D eigenvalue weighted by atomic mass is 10.3. The van der Waals surface area contributed by atoms with E-state index in [1.165, 1.54) is 35.2 Å². The number of benzene rings is 2. The average molecular weight is 414 g/mol. The fraction of sp³-hybridized carbons (Fsp3) is 0.188. The summed E-state index contributed by atoms with van der Waals surface area (Å²) >= 11 is 5.69. The number of carbonyl (C=O) groups is 1. The van der Waals surface area contributed by atoms with E-state index in [0.29, 0.717) is 5.75 Å². The number of hydrogen-bond acceptors (Lipinski definition) is 6. The van der Waals surface area contributed by atoms with Gasteiger partial charge in [-0.2, -0.15) is 0 Å². The molecule has 2 aromatic carbocycles. The van der Waals surface area contributed by atoms with Gasteiger partial charge < -0.3 is 9.64 Å². The Kier molecular flexibility index (Phi) is 6.24. The smallest absolute Gasteiger partial charge is 0.289 e. The standard InChI is InChI=1S/C16H16ClN3O6S/c1-19(2)16(21)10-26-12-5-3-11(4-6-12)18-27(24,25)13-7-8-14(17)15(9-13)20(22)23/h3-9,18H,10H2,1-2H3. The molecule has 1 N–H and O–H groups in total. The number of amides is 1. The van der Waals surface area contributed by atoms with Crippen LogP contribution in [0.4, 0.5) is 11.4 Å². The highest BCUT2D eigenvalue weighted by Crippen LogP contribution is 2.28. The second-order valence-electron chi connectivity index (χ2n) is 5.58. The summed E-state index contributed by atoms with van der Waals surface area (Å²) in [6.45, 7) is -0.146. The Morgan fingerprint density at radius 2 is 1.85 bits per heavy atom. The molecule has 0 aliphatic carbocycles. The highest BCUT2D eigenvalue weighted by molar-refractivity contribution is 7.92. The van der Waals surface area contributed by atoms with Crippen LogP contribution in [0, 0.1) is 10.1 Å². The minimum Gasteiger partial charge on any atom is -0.484 e. The van der Waals surface area contributed by atoms with Crippen LogP contribution in [0.1, 0.15) is 0 Å². The van der Waals surface area contributed by atoms with Crippen LogP contribution in [0.15, 0.2) is 47.4 Å². The van der Waals surface area contributed by atoms with E-state index in [4.69, 9.17) is 16.3 Å². The van der Waals surface area contributed by atoms with Crippen molar-refractivity contribution in [1.82, 2.24) is 4.90 Å². The van der Waals surface area contributed by atoms with Crippen LogP contribution in [-0.2, 0) is 14.8 Å². The summed E-state index contributed by atoms with van der Waals surface area (Å²) in [5.74, 6) is 0.166. The maximum absolute atomic E-state index is 12.4. The van der Waals surface area contributed by atoms with Crippen molar-refractivity contribution < 1.29 is 22.9 Å². The molecule has 0 atom stereocenters. The fourth-order valence-corrected chi connectivity index (χ4v) is 3.17. The maximum Gasteiger partial charge on any atom is 0.289 e. The summed E-state index contributed by atoms with van der Waals surface area (Å²) in [6, 6.07) is 9.06. The number of likely N-dealkylation sites (N-methyl/N-ethyl adjacent to an activating group) is 1. The van der Waals surface area contributed by atoms with E-state index in [1.54, 1.807) is 14.1 Å². The molecule has 144 valence electrons. The van der Waals surface area contributed by atoms with Crippen molar-refractivity contribution in [3.63, 3.8) is 0 Å². The number of halogens is 1. The molecule has 0 unspecified atom stereocenters. The Morgan fingerprint density at radius 1 is 1.22 bits per heavy atom. The molecule has 27 heavy (non-hydrogen) atoms. The second kappa shape index (κ2) is 8.23. The molecule has 2 rings (SSSR count). The first-order chi connectivity index (χ1) is 12.6. The lowest BCUT2D eigenvalue weighted by Crippen LogP contribution is -2.27. The maximum atomic E-state index is 12.4. The molecule has 0 spiro atoms. The van der Waals surface area contributed by atoms with E-state index >= 15 is 0 Å². The number of hydrogen-bond donors (Lipinski definition) is 1. The zero-order valence-corrected chi connectivity index (χ0v) is 16.0. The Labute approximate surface area is 160 Å². The highest BCUT2D eigenvalue weighted by Gasteiger charge is 2.20. The van der Waals surface area contributed by atoms with Crippen LogP contribution in [0.5, 0.6) is 5.75 Å². The van der Waals surface area contributed by atoms with Gasteiger partial charge in [-0.3, -0.25) is 19.6 Å². The van der Waals surface area contributed by atoms with Crippen molar-refractivity contribution in [3.8, 4) is 5.75 Å². The van der Waals surface area contributed by atoms with Crippen molar-refractivity contribution in [2.24, 2.45) is 0 Å². The first-order valence-corrected chi connectivity index (χ1v) is 9.36. The average Bonchev–Trinajstić information content (AvgIpc) is 2.60. The Balaban J connectivity index is 2.13. The summed E-state index contributed by atoms with van der Waals surface area (Å²) < 4.78 is 32.4. The van der Waals surface area contributed by atoms with E-state index in [2.05, 4.69) is 4.72 Å². The summed E-state index contributed by atoms with van der Waals surface area (Å²) in [5, 5.41) is 10.8. The van der Waals surface area contributed by atoms with Gasteiger partial charge in [-0.25, -0.2) is 8.42 Å². The van der Waals surface area contributed by atoms with Crippen LogP contribution in [-0.4, -0.2) is 44.9 Å². The zero-order chi connectivity index (χ0) is 20.2. The number of carbonyl (C=O) groups excluding carboxylic acids is 1. The molecule has 0 heterocycles. The molecule has 0 aromatic heterocycles. The number of sulfonamides is 1. The van der Waals surface area contributed by atoms with Gasteiger partial charge in [-0.15, -0.1) is 0 Å². The van der Waals surface area contributed by atoms with Crippen molar-refractivity contribution in [1.29, 1.82) is 0 Å². The number of nitro groups is 1. The number of rotatable bonds is 7. The van der Waals surface area contributed by atoms with Crippen molar-refractivity contribution >= 4 is 38.9 Å². The molecule has 0 saturated carbocycles. The monoisotopic (exact) mass is 413 g/mol. The topological polar surface area (TPSA) is 119 Å². The van der Waals surface area contributed by atoms with Crippen molar-refractivity contribution in [3.05, 3.63) is 57.6 Å². The fourth-order valence-electron chi connectivity index (χ4n) is 1.91. The molecule has 11 heteroatoms. The summed E-state index contributed by atoms with van der Waals surface area (Å²) in [4.78, 5) is 22.7. The third kappa shape index (κ3) is 5.31. The Morgan fingerprint density at radius 3 is 2.41 bits per heavy atom. The van der Waals surface area contributed by atoms with Crippen molar-refractivity contribution in [2.75, 3.05) is 25.4 Å². The van der Waals surface area contributed by atoms with Crippen LogP contribution in [0.2, 0.25) is 5.02 Å². The zero-order valence-electron chi connectivity index (χ0n) is 14.4. The Bertz CT molecular complexity index is 961. The van der Waals surface area contributed by atoms with Gasteiger partial charge in [0.15, 0.2) is 6.61 Å². The van der Waals surface area contributed by atoms with Crippen LogP contribution in [0.3, 0.4) is 0 Å². The molecule has 0 aliphatic heterocycles. The lowest BCUT2D eigenvalue weighted by Gasteiger charge is -2.12. The SMILES string of the molecule is CN(C)C(=O)COc1ccc(NS(=O)(=O)c2ccc(Cl)c([N+](=O)[O-])c2)cc1. The molecule has 0 aliphatic rings. The van der Waals surface area contributed by atoms with E-state index in [-0.39, 0.29) is 28.1 Å². The molecular formula is C16H16ClN3O6S. The predicted octanol–water partition coefficient (Wildman–Crippen LogP) is 2.52. The quantitative estimate of drug-likeness (QED) is 0.550. The number of ether oxygens (including phenoxy) is 1. The van der Waals surface area contributed by atoms with Gasteiger partial charge in [0.05, 0.1) is 9.82 Å². The number of nitrogens with zero attached hydrogens (tertiary/aromatic N) is 2. The molecule has 0 bridgehead atoms. The van der Waals surface area contributed by atoms with E-state index in [1.807, 2.05) is 0 Å². The van der Waals surface area contributed by atoms with Gasteiger partial charge >= 0.3 is 0 Å². The van der Waals surface area contributed by atoms with Gasteiger partial charge in [-0.1, -0.05) is 11.6 Å². The van der Waals surface area contributed by atoms with Crippen molar-refractivity contribution in [2.45, 2.75) is 4.90 Å². The molecular weight excluding hydrogens is 398 g/mol. The Hall–Kier alpha value is -2.85. The van der Waals surface area contributed by atoms with E-state index in [9.17, 15) is 23.3 Å². The predicted molar refractivity (Wildman–Crippen MR) is 99.5 cm³/mol. The van der Waals surface area contributed by atoms with Crippen LogP contribution < -0.4 is 9.46 Å². The van der Waals surface area contributed by atoms with Gasteiger partial charge in [0, 0.05) is 25.8 Å². The lowest BCUT2D eigenvalue weighted by molar-refractivity contribution is -0.384. The minimum absolute atomic E-state index is 0.146. The normalized spacial score (nSPS) is 10.9. The van der Waals surface area contributed by atoms with Gasteiger partial charge in [-0.05, 0) is 36.4 Å². The summed E-state index contributed by atoms with van der Waals surface area (Å²) in [7, 11) is -0.847.